The Morgan fingerprint density at radius 3 is 2.62 bits per heavy atom. The summed E-state index contributed by atoms with van der Waals surface area (Å²) in [6.07, 6.45) is 0. The third-order valence-electron chi connectivity index (χ3n) is 1.92. The summed E-state index contributed by atoms with van der Waals surface area (Å²) < 4.78 is 15.5. The molecule has 0 aliphatic carbocycles. The number of rotatable bonds is 7. The van der Waals surface area contributed by atoms with Crippen LogP contribution >= 0.6 is 0 Å². The van der Waals surface area contributed by atoms with Crippen molar-refractivity contribution in [2.24, 2.45) is 0 Å². The molecule has 0 saturated carbocycles. The molecule has 0 radical (unpaired) electrons. The Hall–Kier alpha value is -1.57. The Morgan fingerprint density at radius 2 is 1.88 bits per heavy atom. The average Bonchev–Trinajstić information content (AvgIpc) is 2.34. The van der Waals surface area contributed by atoms with Crippen LogP contribution in [0.25, 0.3) is 0 Å². The van der Waals surface area contributed by atoms with Gasteiger partial charge in [0.1, 0.15) is 18.4 Å². The summed E-state index contributed by atoms with van der Waals surface area (Å²) in [5.41, 5.74) is 0.541. The van der Waals surface area contributed by atoms with Crippen molar-refractivity contribution in [2.75, 3.05) is 33.5 Å². The van der Waals surface area contributed by atoms with E-state index >= 15 is 0 Å². The minimum atomic E-state index is 0.433. The van der Waals surface area contributed by atoms with Crippen molar-refractivity contribution in [3.8, 4) is 11.8 Å². The van der Waals surface area contributed by atoms with Crippen LogP contribution in [0.1, 0.15) is 5.56 Å². The Balaban J connectivity index is 2.24. The first kappa shape index (κ1) is 12.5. The van der Waals surface area contributed by atoms with Gasteiger partial charge in [-0.2, -0.15) is 5.26 Å². The molecule has 0 amide bonds. The number of ether oxygens (including phenoxy) is 3. The minimum Gasteiger partial charge on any atom is -0.490 e. The maximum Gasteiger partial charge on any atom is 0.137 e. The van der Waals surface area contributed by atoms with Crippen LogP contribution in [0.2, 0.25) is 0 Å². The summed E-state index contributed by atoms with van der Waals surface area (Å²) in [6.45, 7) is 2.06. The number of methoxy groups -OCH3 is 1. The predicted octanol–water partition coefficient (Wildman–Crippen LogP) is 1.60. The summed E-state index contributed by atoms with van der Waals surface area (Å²) in [7, 11) is 1.63. The lowest BCUT2D eigenvalue weighted by atomic mass is 10.2. The molecule has 0 aliphatic rings. The smallest absolute Gasteiger partial charge is 0.137 e. The van der Waals surface area contributed by atoms with Gasteiger partial charge in [0.2, 0.25) is 0 Å². The van der Waals surface area contributed by atoms with E-state index in [0.717, 1.165) is 0 Å². The predicted molar refractivity (Wildman–Crippen MR) is 59.3 cm³/mol. The molecular weight excluding hydrogens is 206 g/mol. The van der Waals surface area contributed by atoms with Crippen molar-refractivity contribution < 1.29 is 14.2 Å². The van der Waals surface area contributed by atoms with Crippen LogP contribution < -0.4 is 4.74 Å². The van der Waals surface area contributed by atoms with Crippen molar-refractivity contribution in [3.05, 3.63) is 29.8 Å². The fourth-order valence-corrected chi connectivity index (χ4v) is 1.14. The van der Waals surface area contributed by atoms with Crippen LogP contribution in [-0.4, -0.2) is 33.5 Å². The zero-order chi connectivity index (χ0) is 11.6. The van der Waals surface area contributed by atoms with Crippen LogP contribution in [0.4, 0.5) is 0 Å². The maximum absolute atomic E-state index is 8.81. The van der Waals surface area contributed by atoms with Gasteiger partial charge in [-0.25, -0.2) is 0 Å². The second-order valence-corrected chi connectivity index (χ2v) is 3.06. The number of hydrogen-bond donors (Lipinski definition) is 0. The van der Waals surface area contributed by atoms with E-state index in [1.807, 2.05) is 6.07 Å². The molecule has 0 aliphatic heterocycles. The van der Waals surface area contributed by atoms with E-state index in [0.29, 0.717) is 37.7 Å². The second-order valence-electron chi connectivity index (χ2n) is 3.06. The van der Waals surface area contributed by atoms with E-state index in [9.17, 15) is 0 Å². The summed E-state index contributed by atoms with van der Waals surface area (Å²) in [5.74, 6) is 0.598. The Kier molecular flexibility index (Phi) is 6.00. The maximum atomic E-state index is 8.81. The third kappa shape index (κ3) is 4.30. The molecule has 0 unspecified atom stereocenters. The summed E-state index contributed by atoms with van der Waals surface area (Å²) >= 11 is 0. The number of nitriles is 1. The van der Waals surface area contributed by atoms with Crippen LogP contribution in [0.3, 0.4) is 0 Å². The van der Waals surface area contributed by atoms with Gasteiger partial charge in [0, 0.05) is 7.11 Å². The van der Waals surface area contributed by atoms with Crippen LogP contribution in [0.15, 0.2) is 24.3 Å². The van der Waals surface area contributed by atoms with Gasteiger partial charge in [-0.1, -0.05) is 12.1 Å². The highest BCUT2D eigenvalue weighted by Gasteiger charge is 2.00. The molecule has 1 rings (SSSR count). The standard InChI is InChI=1S/C12H15NO3/c1-14-6-7-15-8-9-16-12-5-3-2-4-11(12)10-13/h2-5H,6-9H2,1H3. The Labute approximate surface area is 95.4 Å². The number of nitrogens with zero attached hydrogens (tertiary/aromatic N) is 1. The first-order valence-corrected chi connectivity index (χ1v) is 5.07. The van der Waals surface area contributed by atoms with E-state index in [1.54, 1.807) is 25.3 Å². The normalized spacial score (nSPS) is 9.75. The van der Waals surface area contributed by atoms with E-state index in [1.165, 1.54) is 0 Å². The number of benzene rings is 1. The lowest BCUT2D eigenvalue weighted by Gasteiger charge is -2.07. The highest BCUT2D eigenvalue weighted by atomic mass is 16.5. The molecule has 0 bridgehead atoms. The van der Waals surface area contributed by atoms with Gasteiger partial charge in [-0.3, -0.25) is 0 Å². The molecule has 0 heterocycles. The molecule has 0 aromatic heterocycles. The Bertz CT molecular complexity index is 346. The minimum absolute atomic E-state index is 0.433. The molecule has 0 spiro atoms. The number of para-hydroxylation sites is 1. The molecule has 4 nitrogen and oxygen atoms in total. The molecule has 16 heavy (non-hydrogen) atoms. The van der Waals surface area contributed by atoms with Gasteiger partial charge in [-0.15, -0.1) is 0 Å². The van der Waals surface area contributed by atoms with E-state index in [-0.39, 0.29) is 0 Å². The zero-order valence-corrected chi connectivity index (χ0v) is 9.31. The van der Waals surface area contributed by atoms with E-state index in [2.05, 4.69) is 6.07 Å². The van der Waals surface area contributed by atoms with E-state index in [4.69, 9.17) is 19.5 Å². The van der Waals surface area contributed by atoms with Gasteiger partial charge < -0.3 is 14.2 Å². The quantitative estimate of drug-likeness (QED) is 0.656. The highest BCUT2D eigenvalue weighted by molar-refractivity contribution is 5.42. The molecule has 0 saturated heterocycles. The fourth-order valence-electron chi connectivity index (χ4n) is 1.14. The largest absolute Gasteiger partial charge is 0.490 e. The van der Waals surface area contributed by atoms with E-state index < -0.39 is 0 Å². The summed E-state index contributed by atoms with van der Waals surface area (Å²) in [5, 5.41) is 8.81. The third-order valence-corrected chi connectivity index (χ3v) is 1.92. The molecule has 0 N–H and O–H groups in total. The van der Waals surface area contributed by atoms with Crippen LogP contribution in [0.5, 0.6) is 5.75 Å². The fraction of sp³-hybridized carbons (Fsp3) is 0.417. The second kappa shape index (κ2) is 7.69. The van der Waals surface area contributed by atoms with Gasteiger partial charge in [0.15, 0.2) is 0 Å². The van der Waals surface area contributed by atoms with Gasteiger partial charge in [0.25, 0.3) is 0 Å². The lowest BCUT2D eigenvalue weighted by molar-refractivity contribution is 0.0544. The SMILES string of the molecule is COCCOCCOc1ccccc1C#N. The lowest BCUT2D eigenvalue weighted by Crippen LogP contribution is -2.10. The summed E-state index contributed by atoms with van der Waals surface area (Å²) in [4.78, 5) is 0. The van der Waals surface area contributed by atoms with Crippen LogP contribution in [0, 0.1) is 11.3 Å². The van der Waals surface area contributed by atoms with Crippen molar-refractivity contribution in [1.82, 2.24) is 0 Å². The first-order chi connectivity index (χ1) is 7.88. The molecule has 1 aromatic rings. The van der Waals surface area contributed by atoms with Gasteiger partial charge in [0.05, 0.1) is 25.4 Å². The highest BCUT2D eigenvalue weighted by Crippen LogP contribution is 2.15. The van der Waals surface area contributed by atoms with Crippen molar-refractivity contribution in [2.45, 2.75) is 0 Å². The number of hydrogen-bond acceptors (Lipinski definition) is 4. The zero-order valence-electron chi connectivity index (χ0n) is 9.31. The van der Waals surface area contributed by atoms with Crippen molar-refractivity contribution in [1.29, 1.82) is 5.26 Å². The van der Waals surface area contributed by atoms with Gasteiger partial charge >= 0.3 is 0 Å². The first-order valence-electron chi connectivity index (χ1n) is 5.07. The van der Waals surface area contributed by atoms with Gasteiger partial charge in [-0.05, 0) is 12.1 Å². The monoisotopic (exact) mass is 221 g/mol. The molecule has 0 atom stereocenters. The van der Waals surface area contributed by atoms with Crippen LogP contribution in [-0.2, 0) is 9.47 Å². The average molecular weight is 221 g/mol. The van der Waals surface area contributed by atoms with Crippen molar-refractivity contribution >= 4 is 0 Å². The van der Waals surface area contributed by atoms with Crippen molar-refractivity contribution in [3.63, 3.8) is 0 Å². The molecule has 1 aromatic carbocycles. The molecule has 0 fully saturated rings. The summed E-state index contributed by atoms with van der Waals surface area (Å²) in [6, 6.07) is 9.21. The molecule has 4 heteroatoms. The molecular formula is C12H15NO3. The Morgan fingerprint density at radius 1 is 1.12 bits per heavy atom. The topological polar surface area (TPSA) is 51.5 Å². The molecule has 86 valence electrons.